The summed E-state index contributed by atoms with van der Waals surface area (Å²) in [5, 5.41) is 7.24. The van der Waals surface area contributed by atoms with Gasteiger partial charge in [-0.2, -0.15) is 5.10 Å². The van der Waals surface area contributed by atoms with Gasteiger partial charge in [-0.15, -0.1) is 0 Å². The predicted molar refractivity (Wildman–Crippen MR) is 106 cm³/mol. The molecule has 144 valence electrons. The van der Waals surface area contributed by atoms with E-state index in [0.717, 1.165) is 36.0 Å². The zero-order valence-corrected chi connectivity index (χ0v) is 16.4. The number of carbonyl (C=O) groups is 1. The Bertz CT molecular complexity index is 1150. The van der Waals surface area contributed by atoms with Gasteiger partial charge in [0.25, 0.3) is 5.91 Å². The Morgan fingerprint density at radius 2 is 1.89 bits per heavy atom. The Labute approximate surface area is 163 Å². The van der Waals surface area contributed by atoms with Gasteiger partial charge in [-0.25, -0.2) is 18.1 Å². The molecule has 0 spiro atoms. The summed E-state index contributed by atoms with van der Waals surface area (Å²) in [5.74, 6) is 0.0317. The number of para-hydroxylation sites is 1. The molecule has 2 aromatic heterocycles. The van der Waals surface area contributed by atoms with Gasteiger partial charge in [0, 0.05) is 12.2 Å². The van der Waals surface area contributed by atoms with Crippen molar-refractivity contribution in [3.05, 3.63) is 65.6 Å². The lowest BCUT2D eigenvalue weighted by Gasteiger charge is -2.11. The molecule has 1 amide bonds. The number of nitrogens with one attached hydrogen (secondary N) is 1. The van der Waals surface area contributed by atoms with Crippen LogP contribution in [0.2, 0.25) is 0 Å². The molecule has 0 saturated heterocycles. The zero-order valence-electron chi connectivity index (χ0n) is 15.6. The standard InChI is InChI=1S/C20H20N4O3S/c1-13-5-3-4-6-17(13)24-19(14-7-8-14)16(12-22-24)20(25)23-15-9-10-18(21-11-15)28(2,26)27/h3-6,9-12,14H,7-8H2,1-2H3,(H,23,25). The minimum Gasteiger partial charge on any atom is -0.320 e. The fraction of sp³-hybridized carbons (Fsp3) is 0.250. The third kappa shape index (κ3) is 3.55. The second-order valence-electron chi connectivity index (χ2n) is 7.03. The molecular formula is C20H20N4O3S. The number of pyridine rings is 1. The number of sulfone groups is 1. The summed E-state index contributed by atoms with van der Waals surface area (Å²) in [6.45, 7) is 2.02. The van der Waals surface area contributed by atoms with Gasteiger partial charge in [0.1, 0.15) is 0 Å². The molecular weight excluding hydrogens is 376 g/mol. The van der Waals surface area contributed by atoms with E-state index in [1.165, 1.54) is 18.3 Å². The molecule has 0 bridgehead atoms. The van der Waals surface area contributed by atoms with Crippen molar-refractivity contribution >= 4 is 21.4 Å². The zero-order chi connectivity index (χ0) is 19.9. The molecule has 1 fully saturated rings. The fourth-order valence-electron chi connectivity index (χ4n) is 3.15. The normalized spacial score (nSPS) is 14.1. The Kier molecular flexibility index (Phi) is 4.50. The molecule has 1 saturated carbocycles. The summed E-state index contributed by atoms with van der Waals surface area (Å²) in [6.07, 6.45) is 6.09. The van der Waals surface area contributed by atoms with E-state index in [1.807, 2.05) is 35.9 Å². The molecule has 0 atom stereocenters. The van der Waals surface area contributed by atoms with E-state index >= 15 is 0 Å². The number of anilines is 1. The monoisotopic (exact) mass is 396 g/mol. The maximum absolute atomic E-state index is 12.9. The summed E-state index contributed by atoms with van der Waals surface area (Å²) < 4.78 is 24.9. The quantitative estimate of drug-likeness (QED) is 0.715. The molecule has 1 N–H and O–H groups in total. The van der Waals surface area contributed by atoms with Crippen LogP contribution in [-0.2, 0) is 9.84 Å². The average molecular weight is 396 g/mol. The van der Waals surface area contributed by atoms with Crippen molar-refractivity contribution in [3.63, 3.8) is 0 Å². The Hall–Kier alpha value is -3.00. The molecule has 0 aliphatic heterocycles. The van der Waals surface area contributed by atoms with Crippen molar-refractivity contribution in [3.8, 4) is 5.69 Å². The van der Waals surface area contributed by atoms with Gasteiger partial charge < -0.3 is 5.32 Å². The first-order chi connectivity index (χ1) is 13.3. The Balaban J connectivity index is 1.64. The number of carbonyl (C=O) groups excluding carboxylic acids is 1. The Morgan fingerprint density at radius 3 is 2.50 bits per heavy atom. The SMILES string of the molecule is Cc1ccccc1-n1ncc(C(=O)Nc2ccc(S(C)(=O)=O)nc2)c1C1CC1. The van der Waals surface area contributed by atoms with Crippen molar-refractivity contribution in [2.75, 3.05) is 11.6 Å². The van der Waals surface area contributed by atoms with Crippen LogP contribution in [0.4, 0.5) is 5.69 Å². The number of aryl methyl sites for hydroxylation is 1. The summed E-state index contributed by atoms with van der Waals surface area (Å²) in [4.78, 5) is 16.8. The maximum atomic E-state index is 12.9. The van der Waals surface area contributed by atoms with Gasteiger partial charge >= 0.3 is 0 Å². The van der Waals surface area contributed by atoms with Crippen molar-refractivity contribution in [2.24, 2.45) is 0 Å². The van der Waals surface area contributed by atoms with E-state index in [2.05, 4.69) is 15.4 Å². The molecule has 4 rings (SSSR count). The summed E-state index contributed by atoms with van der Waals surface area (Å²) in [6, 6.07) is 10.8. The Morgan fingerprint density at radius 1 is 1.14 bits per heavy atom. The van der Waals surface area contributed by atoms with E-state index in [4.69, 9.17) is 0 Å². The van der Waals surface area contributed by atoms with Crippen molar-refractivity contribution in [1.82, 2.24) is 14.8 Å². The topological polar surface area (TPSA) is 94.0 Å². The third-order valence-electron chi connectivity index (χ3n) is 4.73. The van der Waals surface area contributed by atoms with Gasteiger partial charge in [-0.05, 0) is 43.5 Å². The van der Waals surface area contributed by atoms with E-state index in [-0.39, 0.29) is 10.9 Å². The number of amides is 1. The van der Waals surface area contributed by atoms with Crippen molar-refractivity contribution in [2.45, 2.75) is 30.7 Å². The fourth-order valence-corrected chi connectivity index (χ4v) is 3.71. The van der Waals surface area contributed by atoms with Gasteiger partial charge in [0.2, 0.25) is 0 Å². The molecule has 1 aliphatic carbocycles. The summed E-state index contributed by atoms with van der Waals surface area (Å²) in [5.41, 5.74) is 3.91. The van der Waals surface area contributed by atoms with Crippen LogP contribution in [0.3, 0.4) is 0 Å². The van der Waals surface area contributed by atoms with Gasteiger partial charge in [0.15, 0.2) is 14.9 Å². The lowest BCUT2D eigenvalue weighted by atomic mass is 10.1. The highest BCUT2D eigenvalue weighted by Crippen LogP contribution is 2.42. The smallest absolute Gasteiger partial charge is 0.259 e. The molecule has 1 aromatic carbocycles. The van der Waals surface area contributed by atoms with Gasteiger partial charge in [-0.1, -0.05) is 18.2 Å². The summed E-state index contributed by atoms with van der Waals surface area (Å²) in [7, 11) is -3.38. The van der Waals surface area contributed by atoms with E-state index < -0.39 is 9.84 Å². The van der Waals surface area contributed by atoms with E-state index in [0.29, 0.717) is 17.2 Å². The number of aromatic nitrogens is 3. The number of hydrogen-bond acceptors (Lipinski definition) is 5. The lowest BCUT2D eigenvalue weighted by molar-refractivity contribution is 0.102. The molecule has 8 heteroatoms. The van der Waals surface area contributed by atoms with Crippen LogP contribution < -0.4 is 5.32 Å². The first-order valence-corrected chi connectivity index (χ1v) is 10.8. The molecule has 7 nitrogen and oxygen atoms in total. The van der Waals surface area contributed by atoms with Crippen molar-refractivity contribution in [1.29, 1.82) is 0 Å². The van der Waals surface area contributed by atoms with Crippen molar-refractivity contribution < 1.29 is 13.2 Å². The number of benzene rings is 1. The third-order valence-corrected chi connectivity index (χ3v) is 5.73. The van der Waals surface area contributed by atoms with Crippen LogP contribution in [0.25, 0.3) is 5.69 Å². The minimum atomic E-state index is -3.38. The maximum Gasteiger partial charge on any atom is 0.259 e. The number of rotatable bonds is 5. The second kappa shape index (κ2) is 6.87. The van der Waals surface area contributed by atoms with E-state index in [1.54, 1.807) is 6.20 Å². The van der Waals surface area contributed by atoms with Crippen LogP contribution in [-0.4, -0.2) is 35.3 Å². The first-order valence-electron chi connectivity index (χ1n) is 8.96. The molecule has 0 radical (unpaired) electrons. The second-order valence-corrected chi connectivity index (χ2v) is 8.99. The van der Waals surface area contributed by atoms with Crippen LogP contribution in [0.1, 0.15) is 40.4 Å². The minimum absolute atomic E-state index is 0.0310. The molecule has 1 aliphatic rings. The number of hydrogen-bond donors (Lipinski definition) is 1. The van der Waals surface area contributed by atoms with Gasteiger partial charge in [-0.3, -0.25) is 4.79 Å². The highest BCUT2D eigenvalue weighted by molar-refractivity contribution is 7.90. The van der Waals surface area contributed by atoms with Crippen LogP contribution >= 0.6 is 0 Å². The molecule has 0 unspecified atom stereocenters. The molecule has 3 aromatic rings. The highest BCUT2D eigenvalue weighted by Gasteiger charge is 2.33. The van der Waals surface area contributed by atoms with Crippen LogP contribution in [0.5, 0.6) is 0 Å². The van der Waals surface area contributed by atoms with E-state index in [9.17, 15) is 13.2 Å². The van der Waals surface area contributed by atoms with Gasteiger partial charge in [0.05, 0.1) is 35.0 Å². The van der Waals surface area contributed by atoms with Crippen LogP contribution in [0, 0.1) is 6.92 Å². The number of nitrogens with zero attached hydrogens (tertiary/aromatic N) is 3. The largest absolute Gasteiger partial charge is 0.320 e. The summed E-state index contributed by atoms with van der Waals surface area (Å²) >= 11 is 0. The first kappa shape index (κ1) is 18.4. The predicted octanol–water partition coefficient (Wildman–Crippen LogP) is 3.11. The molecule has 2 heterocycles. The molecule has 28 heavy (non-hydrogen) atoms. The lowest BCUT2D eigenvalue weighted by Crippen LogP contribution is -2.15. The average Bonchev–Trinajstić information content (AvgIpc) is 3.40. The van der Waals surface area contributed by atoms with Crippen LogP contribution in [0.15, 0.2) is 53.8 Å². The highest BCUT2D eigenvalue weighted by atomic mass is 32.2.